The first-order valence-electron chi connectivity index (χ1n) is 16.4. The Morgan fingerprint density at radius 1 is 0.617 bits per heavy atom. The van der Waals surface area contributed by atoms with Gasteiger partial charge in [0.2, 0.25) is 0 Å². The molecule has 3 fully saturated rings. The van der Waals surface area contributed by atoms with Gasteiger partial charge in [0.15, 0.2) is 0 Å². The average Bonchev–Trinajstić information content (AvgIpc) is 2.93. The maximum Gasteiger partial charge on any atom is 0.117 e. The summed E-state index contributed by atoms with van der Waals surface area (Å²) in [4.78, 5) is 23.7. The zero-order valence-electron chi connectivity index (χ0n) is 30.0. The molecule has 0 spiro atoms. The van der Waals surface area contributed by atoms with Crippen LogP contribution in [0.4, 0.5) is 0 Å². The molecular formula is C34H57N13. The Kier molecular flexibility index (Phi) is 9.21. The highest BCUT2D eigenvalue weighted by Crippen LogP contribution is 2.52. The van der Waals surface area contributed by atoms with Gasteiger partial charge in [0.1, 0.15) is 17.3 Å². The van der Waals surface area contributed by atoms with E-state index < -0.39 is 5.66 Å². The summed E-state index contributed by atoms with van der Waals surface area (Å²) in [6.45, 7) is 3.39. The van der Waals surface area contributed by atoms with Crippen LogP contribution in [-0.4, -0.2) is 149 Å². The number of piperidine rings is 2. The van der Waals surface area contributed by atoms with Crippen molar-refractivity contribution in [1.29, 1.82) is 0 Å². The topological polar surface area (TPSA) is 174 Å². The number of aliphatic imine (C=N–C) groups is 2. The molecule has 5 rings (SSSR count). The first-order chi connectivity index (χ1) is 21.9. The number of likely N-dealkylation sites (tertiary alicyclic amines) is 2. The van der Waals surface area contributed by atoms with Gasteiger partial charge in [-0.1, -0.05) is 0 Å². The van der Waals surface area contributed by atoms with Crippen LogP contribution in [-0.2, 0) is 0 Å². The van der Waals surface area contributed by atoms with Gasteiger partial charge >= 0.3 is 0 Å². The van der Waals surface area contributed by atoms with Crippen LogP contribution in [0.25, 0.3) is 0 Å². The lowest BCUT2D eigenvalue weighted by Gasteiger charge is -2.62. The predicted molar refractivity (Wildman–Crippen MR) is 192 cm³/mol. The van der Waals surface area contributed by atoms with E-state index in [2.05, 4.69) is 23.9 Å². The van der Waals surface area contributed by atoms with Crippen LogP contribution in [0.15, 0.2) is 79.9 Å². The fourth-order valence-corrected chi connectivity index (χ4v) is 8.77. The molecule has 13 heteroatoms. The number of rotatable bonds is 6. The minimum atomic E-state index is -0.797. The van der Waals surface area contributed by atoms with Gasteiger partial charge in [0, 0.05) is 129 Å². The van der Waals surface area contributed by atoms with Crippen LogP contribution in [0, 0.1) is 23.7 Å². The molecule has 1 saturated carbocycles. The largest absolute Gasteiger partial charge is 0.398 e. The molecule has 5 aliphatic rings. The third-order valence-electron chi connectivity index (χ3n) is 10.3. The van der Waals surface area contributed by atoms with Crippen molar-refractivity contribution < 1.29 is 0 Å². The second-order valence-electron chi connectivity index (χ2n) is 14.8. The number of allylic oxidation sites excluding steroid dienone is 4. The molecule has 4 unspecified atom stereocenters. The van der Waals surface area contributed by atoms with E-state index in [9.17, 15) is 0 Å². The fraction of sp³-hybridized carbons (Fsp3) is 0.588. The average molecular weight is 648 g/mol. The molecule has 2 aliphatic heterocycles. The molecule has 13 nitrogen and oxygen atoms in total. The van der Waals surface area contributed by atoms with E-state index in [0.29, 0.717) is 22.8 Å². The first kappa shape index (κ1) is 34.4. The van der Waals surface area contributed by atoms with Crippen molar-refractivity contribution in [2.45, 2.75) is 11.7 Å². The zero-order valence-corrected chi connectivity index (χ0v) is 30.0. The highest BCUT2D eigenvalue weighted by Gasteiger charge is 2.62. The summed E-state index contributed by atoms with van der Waals surface area (Å²) in [7, 11) is 20.3. The molecule has 2 heterocycles. The van der Waals surface area contributed by atoms with Crippen LogP contribution in [0.3, 0.4) is 0 Å². The van der Waals surface area contributed by atoms with Crippen LogP contribution in [0.5, 0.6) is 0 Å². The molecule has 258 valence electrons. The number of fused-ring (bicyclic) bond motifs is 6. The predicted octanol–water partition coefficient (Wildman–Crippen LogP) is -0.672. The quantitative estimate of drug-likeness (QED) is 0.247. The van der Waals surface area contributed by atoms with Gasteiger partial charge in [0.25, 0.3) is 0 Å². The maximum absolute atomic E-state index is 7.54. The molecule has 4 atom stereocenters. The van der Waals surface area contributed by atoms with Crippen LogP contribution in [0.2, 0.25) is 0 Å². The lowest BCUT2D eigenvalue weighted by Crippen LogP contribution is -2.75. The Morgan fingerprint density at radius 2 is 0.957 bits per heavy atom. The van der Waals surface area contributed by atoms with E-state index in [0.717, 1.165) is 60.4 Å². The van der Waals surface area contributed by atoms with Gasteiger partial charge in [-0.15, -0.1) is 0 Å². The maximum atomic E-state index is 7.54. The molecule has 10 N–H and O–H groups in total. The molecule has 47 heavy (non-hydrogen) atoms. The normalized spacial score (nSPS) is 30.9. The lowest BCUT2D eigenvalue weighted by molar-refractivity contribution is -0.104. The SMILES string of the molecule is CN1CC2C(N=C3C=C(N)C(=C(N(C)C)N(C)C)C(N)=C3)C(C1)C1CN(C)CC2C1(N)N=C1C=C(N)C(=C(N(C)C)N(C)C)C(N)=C1. The molecular weight excluding hydrogens is 590 g/mol. The molecule has 0 aromatic rings. The van der Waals surface area contributed by atoms with Gasteiger partial charge in [-0.25, -0.2) is 0 Å². The molecule has 4 bridgehead atoms. The van der Waals surface area contributed by atoms with Crippen molar-refractivity contribution in [2.75, 3.05) is 96.7 Å². The summed E-state index contributed by atoms with van der Waals surface area (Å²) in [5, 5.41) is 0. The summed E-state index contributed by atoms with van der Waals surface area (Å²) >= 11 is 0. The Hall–Kier alpha value is -3.94. The fourth-order valence-electron chi connectivity index (χ4n) is 8.77. The minimum Gasteiger partial charge on any atom is -0.398 e. The third kappa shape index (κ3) is 6.12. The van der Waals surface area contributed by atoms with Crippen LogP contribution < -0.4 is 28.7 Å². The van der Waals surface area contributed by atoms with Gasteiger partial charge in [-0.05, 0) is 38.4 Å². The van der Waals surface area contributed by atoms with Crippen LogP contribution >= 0.6 is 0 Å². The lowest BCUT2D eigenvalue weighted by atomic mass is 9.55. The first-order valence-corrected chi connectivity index (χ1v) is 16.4. The van der Waals surface area contributed by atoms with Crippen molar-refractivity contribution in [3.63, 3.8) is 0 Å². The van der Waals surface area contributed by atoms with Gasteiger partial charge < -0.3 is 58.1 Å². The minimum absolute atomic E-state index is 0.0585. The Labute approximate surface area is 281 Å². The molecule has 0 amide bonds. The van der Waals surface area contributed by atoms with Gasteiger partial charge in [0.05, 0.1) is 28.6 Å². The third-order valence-corrected chi connectivity index (χ3v) is 10.3. The zero-order chi connectivity index (χ0) is 34.7. The second-order valence-corrected chi connectivity index (χ2v) is 14.8. The molecule has 2 saturated heterocycles. The van der Waals surface area contributed by atoms with Crippen molar-refractivity contribution >= 4 is 11.4 Å². The van der Waals surface area contributed by atoms with E-state index in [-0.39, 0.29) is 29.7 Å². The van der Waals surface area contributed by atoms with Crippen molar-refractivity contribution in [2.24, 2.45) is 62.3 Å². The van der Waals surface area contributed by atoms with Gasteiger partial charge in [-0.2, -0.15) is 0 Å². The van der Waals surface area contributed by atoms with Crippen molar-refractivity contribution in [3.05, 3.63) is 69.9 Å². The summed E-state index contributed by atoms with van der Waals surface area (Å²) in [5.41, 5.74) is 39.0. The Morgan fingerprint density at radius 3 is 1.32 bits per heavy atom. The molecule has 0 aromatic heterocycles. The van der Waals surface area contributed by atoms with E-state index in [1.54, 1.807) is 0 Å². The summed E-state index contributed by atoms with van der Waals surface area (Å²) < 4.78 is 0. The van der Waals surface area contributed by atoms with Crippen molar-refractivity contribution in [3.8, 4) is 0 Å². The monoisotopic (exact) mass is 647 g/mol. The number of nitrogens with two attached hydrogens (primary N) is 5. The number of hydrogen-bond donors (Lipinski definition) is 5. The summed E-state index contributed by atoms with van der Waals surface area (Å²) in [6, 6.07) is 0.0624. The van der Waals surface area contributed by atoms with E-state index in [1.165, 1.54) is 0 Å². The molecule has 0 radical (unpaired) electrons. The summed E-state index contributed by atoms with van der Waals surface area (Å²) in [6.07, 6.45) is 7.78. The Balaban J connectivity index is 1.56. The smallest absolute Gasteiger partial charge is 0.117 e. The standard InChI is InChI=1S/C34H57N13/c1-42(2)32(43(3)4)29-25(35)11-19(12-26(29)36)40-31-21-15-46(9)16-22(31)24-18-47(10)17-23(21)34(24,39)41-20-13-27(37)30(28(38)14-20)33(44(5)6)45(7)8/h11-14,21-24,31H,15-18,35-39H2,1-10H3. The number of hydrogen-bond acceptors (Lipinski definition) is 13. The van der Waals surface area contributed by atoms with E-state index >= 15 is 0 Å². The van der Waals surface area contributed by atoms with E-state index in [4.69, 9.17) is 38.7 Å². The van der Waals surface area contributed by atoms with Crippen LogP contribution in [0.1, 0.15) is 0 Å². The highest BCUT2D eigenvalue weighted by atomic mass is 15.3. The molecule has 0 aromatic carbocycles. The summed E-state index contributed by atoms with van der Waals surface area (Å²) in [5.74, 6) is 2.35. The molecule has 3 aliphatic carbocycles. The second kappa shape index (κ2) is 12.6. The van der Waals surface area contributed by atoms with Crippen molar-refractivity contribution in [1.82, 2.24) is 29.4 Å². The number of nitrogens with zero attached hydrogens (tertiary/aromatic N) is 8. The van der Waals surface area contributed by atoms with Gasteiger partial charge in [-0.3, -0.25) is 9.98 Å². The Bertz CT molecular complexity index is 1430. The highest BCUT2D eigenvalue weighted by molar-refractivity contribution is 6.08. The van der Waals surface area contributed by atoms with E-state index in [1.807, 2.05) is 100 Å².